The average Bonchev–Trinajstić information content (AvgIpc) is 3.07. The fourth-order valence-corrected chi connectivity index (χ4v) is 6.72. The molecule has 4 heterocycles. The van der Waals surface area contributed by atoms with Crippen LogP contribution in [0.5, 0.6) is 0 Å². The van der Waals surface area contributed by atoms with E-state index in [1.165, 1.54) is 36.4 Å². The number of ether oxygens (including phenoxy) is 2. The van der Waals surface area contributed by atoms with Crippen LogP contribution in [0.1, 0.15) is 11.1 Å². The standard InChI is InChI=1S/C28H28Cl2N10O8S2.2Na.2H/c29-23-33-25(37-27(35-23)39-7-11-47-12-8-39)31-19-5-3-17(21(15-19)49(41,42)43)1-2-18-4-6-20(16-22(18)50(44,45)46)32-26-34-24(30)36-28(38-26)40-9-13-48-14-10-40;;;;/h1-6,15-16H,7-14H2,(H,41,42,43)(H,44,45,46)(H,31,33,35,37)(H,32,34,36,38);;;;/b2-1+;;;;. The Balaban J connectivity index is 0.00000302. The summed E-state index contributed by atoms with van der Waals surface area (Å²) < 4.78 is 80.4. The molecule has 0 atom stereocenters. The number of hydrogen-bond acceptors (Lipinski definition) is 16. The third kappa shape index (κ3) is 11.1. The Kier molecular flexibility index (Phi) is 15.0. The van der Waals surface area contributed by atoms with E-state index in [2.05, 4.69) is 40.5 Å². The Hall–Kier alpha value is -2.28. The molecule has 18 nitrogen and oxygen atoms in total. The van der Waals surface area contributed by atoms with Crippen molar-refractivity contribution in [3.05, 3.63) is 58.1 Å². The number of rotatable bonds is 10. The normalized spacial score (nSPS) is 15.2. The number of anilines is 6. The second-order valence-corrected chi connectivity index (χ2v) is 14.1. The van der Waals surface area contributed by atoms with Crippen molar-refractivity contribution >= 4 is 150 Å². The predicted octanol–water partition coefficient (Wildman–Crippen LogP) is 1.89. The van der Waals surface area contributed by atoms with Gasteiger partial charge in [0, 0.05) is 37.6 Å². The molecule has 0 unspecified atom stereocenters. The summed E-state index contributed by atoms with van der Waals surface area (Å²) in [6.07, 6.45) is 2.53. The second-order valence-electron chi connectivity index (χ2n) is 10.7. The summed E-state index contributed by atoms with van der Waals surface area (Å²) in [7, 11) is -9.58. The van der Waals surface area contributed by atoms with E-state index in [9.17, 15) is 25.9 Å². The number of halogens is 2. The molecule has 52 heavy (non-hydrogen) atoms. The maximum absolute atomic E-state index is 12.4. The summed E-state index contributed by atoms with van der Waals surface area (Å²) in [6, 6.07) is 8.00. The number of aromatic nitrogens is 6. The molecule has 4 N–H and O–H groups in total. The first-order valence-electron chi connectivity index (χ1n) is 14.8. The zero-order chi connectivity index (χ0) is 35.5. The molecule has 0 aliphatic carbocycles. The van der Waals surface area contributed by atoms with Gasteiger partial charge in [-0.25, -0.2) is 0 Å². The molecule has 268 valence electrons. The van der Waals surface area contributed by atoms with Gasteiger partial charge in [0.1, 0.15) is 9.79 Å². The van der Waals surface area contributed by atoms with E-state index in [0.29, 0.717) is 64.5 Å². The summed E-state index contributed by atoms with van der Waals surface area (Å²) >= 11 is 12.2. The molecular formula is C28H30Cl2N10Na2O8S2. The van der Waals surface area contributed by atoms with Crippen LogP contribution in [0.15, 0.2) is 46.2 Å². The molecule has 2 aromatic heterocycles. The van der Waals surface area contributed by atoms with E-state index in [0.717, 1.165) is 12.1 Å². The summed E-state index contributed by atoms with van der Waals surface area (Å²) in [5.74, 6) is 0.658. The zero-order valence-corrected chi connectivity index (χ0v) is 28.9. The van der Waals surface area contributed by atoms with Gasteiger partial charge in [0.2, 0.25) is 34.4 Å². The van der Waals surface area contributed by atoms with Gasteiger partial charge in [-0.05, 0) is 58.6 Å². The van der Waals surface area contributed by atoms with Gasteiger partial charge in [-0.15, -0.1) is 0 Å². The molecule has 2 aliphatic heterocycles. The van der Waals surface area contributed by atoms with E-state index in [4.69, 9.17) is 32.7 Å². The van der Waals surface area contributed by atoms with Crippen molar-refractivity contribution in [2.75, 3.05) is 73.0 Å². The SMILES string of the molecule is O=S(=O)(O)c1cc(Nc2nc(Cl)nc(N3CCOCC3)n2)ccc1/C=C/c1ccc(Nc2nc(Cl)nc(N3CCOCC3)n2)cc1S(=O)(=O)O.[NaH].[NaH]. The van der Waals surface area contributed by atoms with Crippen LogP contribution < -0.4 is 20.4 Å². The monoisotopic (exact) mass is 814 g/mol. The summed E-state index contributed by atoms with van der Waals surface area (Å²) in [6.45, 7) is 4.09. The van der Waals surface area contributed by atoms with Gasteiger partial charge in [-0.3, -0.25) is 9.11 Å². The van der Waals surface area contributed by atoms with Crippen molar-refractivity contribution in [3.63, 3.8) is 0 Å². The van der Waals surface area contributed by atoms with Crippen LogP contribution in [0.2, 0.25) is 10.6 Å². The van der Waals surface area contributed by atoms with Crippen molar-refractivity contribution in [2.45, 2.75) is 9.79 Å². The van der Waals surface area contributed by atoms with Gasteiger partial charge in [0.25, 0.3) is 20.2 Å². The molecule has 24 heteroatoms. The van der Waals surface area contributed by atoms with Gasteiger partial charge < -0.3 is 29.9 Å². The third-order valence-corrected chi connectivity index (χ3v) is 9.47. The number of nitrogens with zero attached hydrogens (tertiary/aromatic N) is 8. The molecule has 2 aromatic carbocycles. The van der Waals surface area contributed by atoms with E-state index < -0.39 is 30.0 Å². The molecule has 6 rings (SSSR count). The molecule has 0 amide bonds. The van der Waals surface area contributed by atoms with Crippen molar-refractivity contribution in [2.24, 2.45) is 0 Å². The molecule has 2 fully saturated rings. The topological polar surface area (TPSA) is 235 Å². The number of morpholine rings is 2. The molecule has 2 saturated heterocycles. The van der Waals surface area contributed by atoms with Crippen LogP contribution in [0, 0.1) is 0 Å². The van der Waals surface area contributed by atoms with Crippen LogP contribution in [-0.4, -0.2) is 168 Å². The Morgan fingerprint density at radius 2 is 0.981 bits per heavy atom. The molecule has 0 saturated carbocycles. The van der Waals surface area contributed by atoms with Gasteiger partial charge in [-0.2, -0.15) is 46.7 Å². The molecule has 2 aliphatic rings. The summed E-state index contributed by atoms with van der Waals surface area (Å²) in [4.78, 5) is 27.8. The second kappa shape index (κ2) is 18.4. The van der Waals surface area contributed by atoms with E-state index >= 15 is 0 Å². The Morgan fingerprint density at radius 3 is 1.33 bits per heavy atom. The predicted molar refractivity (Wildman–Crippen MR) is 198 cm³/mol. The van der Waals surface area contributed by atoms with Gasteiger partial charge in [-0.1, -0.05) is 24.3 Å². The first-order chi connectivity index (χ1) is 23.8. The van der Waals surface area contributed by atoms with Crippen molar-refractivity contribution in [3.8, 4) is 0 Å². The Labute approximate surface area is 352 Å². The Morgan fingerprint density at radius 1 is 0.615 bits per heavy atom. The fraction of sp³-hybridized carbons (Fsp3) is 0.286. The van der Waals surface area contributed by atoms with Crippen LogP contribution in [0.25, 0.3) is 12.2 Å². The van der Waals surface area contributed by atoms with Gasteiger partial charge in [0.15, 0.2) is 0 Å². The minimum absolute atomic E-state index is 0. The van der Waals surface area contributed by atoms with E-state index in [-0.39, 0.29) is 104 Å². The first kappa shape index (κ1) is 42.5. The number of benzene rings is 2. The van der Waals surface area contributed by atoms with Crippen molar-refractivity contribution in [1.82, 2.24) is 29.9 Å². The first-order valence-corrected chi connectivity index (χ1v) is 18.4. The van der Waals surface area contributed by atoms with Crippen LogP contribution >= 0.6 is 23.2 Å². The van der Waals surface area contributed by atoms with Crippen molar-refractivity contribution in [1.29, 1.82) is 0 Å². The maximum atomic E-state index is 12.4. The minimum atomic E-state index is -4.79. The summed E-state index contributed by atoms with van der Waals surface area (Å²) in [5, 5.41) is 5.54. The fourth-order valence-electron chi connectivity index (χ4n) is 4.98. The zero-order valence-electron chi connectivity index (χ0n) is 25.8. The molecular weight excluding hydrogens is 785 g/mol. The van der Waals surface area contributed by atoms with Crippen LogP contribution in [0.3, 0.4) is 0 Å². The number of hydrogen-bond donors (Lipinski definition) is 4. The third-order valence-electron chi connectivity index (χ3n) is 7.32. The van der Waals surface area contributed by atoms with Gasteiger partial charge in [0.05, 0.1) is 26.4 Å². The van der Waals surface area contributed by atoms with Crippen LogP contribution in [-0.2, 0) is 29.7 Å². The molecule has 0 radical (unpaired) electrons. The molecule has 4 aromatic rings. The van der Waals surface area contributed by atoms with Gasteiger partial charge >= 0.3 is 59.1 Å². The van der Waals surface area contributed by atoms with Crippen molar-refractivity contribution < 1.29 is 35.4 Å². The number of nitrogens with one attached hydrogen (secondary N) is 2. The molecule has 0 spiro atoms. The average molecular weight is 816 g/mol. The summed E-state index contributed by atoms with van der Waals surface area (Å²) in [5.41, 5.74) is 0.378. The van der Waals surface area contributed by atoms with E-state index in [1.807, 2.05) is 9.80 Å². The quantitative estimate of drug-likeness (QED) is 0.102. The molecule has 0 bridgehead atoms. The van der Waals surface area contributed by atoms with Crippen LogP contribution in [0.4, 0.5) is 35.2 Å². The van der Waals surface area contributed by atoms with E-state index in [1.54, 1.807) is 0 Å². The Bertz CT molecular complexity index is 2010.